The fourth-order valence-electron chi connectivity index (χ4n) is 1.92. The van der Waals surface area contributed by atoms with Crippen molar-refractivity contribution >= 4 is 5.91 Å². The zero-order valence-electron chi connectivity index (χ0n) is 10.4. The minimum atomic E-state index is -0.183. The Morgan fingerprint density at radius 1 is 1.21 bits per heavy atom. The second kappa shape index (κ2) is 4.31. The van der Waals surface area contributed by atoms with Crippen molar-refractivity contribution in [2.45, 2.75) is 12.8 Å². The molecule has 4 nitrogen and oxygen atoms in total. The van der Waals surface area contributed by atoms with Crippen LogP contribution in [-0.4, -0.2) is 11.0 Å². The van der Waals surface area contributed by atoms with Gasteiger partial charge in [-0.15, -0.1) is 0 Å². The Kier molecular flexibility index (Phi) is 2.63. The summed E-state index contributed by atoms with van der Waals surface area (Å²) < 4.78 is 5.50. The summed E-state index contributed by atoms with van der Waals surface area (Å²) in [5, 5.41) is 12.0. The molecule has 1 heterocycles. The number of phenols is 1. The van der Waals surface area contributed by atoms with Crippen LogP contribution in [0.2, 0.25) is 0 Å². The van der Waals surface area contributed by atoms with Gasteiger partial charge in [0.25, 0.3) is 5.91 Å². The zero-order valence-corrected chi connectivity index (χ0v) is 10.4. The standard InChI is InChI=1S/C15H13NO3/c1-9-2-7-14(19-9)12-8-13(12)16-15(18)10-3-5-11(17)6-4-10/h2-8,12,17H,1H3,(H,16,18). The average Bonchev–Trinajstić information content (AvgIpc) is 3.01. The van der Waals surface area contributed by atoms with Crippen molar-refractivity contribution < 1.29 is 14.3 Å². The lowest BCUT2D eigenvalue weighted by atomic mass is 10.2. The molecule has 1 aliphatic carbocycles. The van der Waals surface area contributed by atoms with E-state index in [1.807, 2.05) is 25.1 Å². The summed E-state index contributed by atoms with van der Waals surface area (Å²) in [4.78, 5) is 11.9. The second-order valence-corrected chi connectivity index (χ2v) is 4.55. The molecule has 1 unspecified atom stereocenters. The molecule has 0 radical (unpaired) electrons. The Balaban J connectivity index is 1.63. The molecular formula is C15H13NO3. The number of allylic oxidation sites excluding steroid dienone is 2. The lowest BCUT2D eigenvalue weighted by molar-refractivity contribution is 0.0967. The monoisotopic (exact) mass is 255 g/mol. The molecule has 2 aromatic rings. The molecule has 0 fully saturated rings. The van der Waals surface area contributed by atoms with Crippen molar-refractivity contribution in [3.05, 3.63) is 65.3 Å². The zero-order chi connectivity index (χ0) is 13.4. The SMILES string of the molecule is Cc1ccc(C2C=C2NC(=O)c2ccc(O)cc2)o1. The molecule has 1 aromatic carbocycles. The summed E-state index contributed by atoms with van der Waals surface area (Å²) in [7, 11) is 0. The number of aryl methyl sites for hydroxylation is 1. The van der Waals surface area contributed by atoms with E-state index >= 15 is 0 Å². The molecule has 3 rings (SSSR count). The molecule has 0 aliphatic heterocycles. The number of nitrogens with one attached hydrogen (secondary N) is 1. The number of rotatable bonds is 3. The van der Waals surface area contributed by atoms with Gasteiger partial charge in [-0.3, -0.25) is 4.79 Å². The maximum atomic E-state index is 11.9. The van der Waals surface area contributed by atoms with Crippen LogP contribution in [0.3, 0.4) is 0 Å². The first kappa shape index (κ1) is 11.6. The van der Waals surface area contributed by atoms with E-state index in [1.54, 1.807) is 12.1 Å². The van der Waals surface area contributed by atoms with Gasteiger partial charge >= 0.3 is 0 Å². The van der Waals surface area contributed by atoms with Crippen LogP contribution < -0.4 is 5.32 Å². The van der Waals surface area contributed by atoms with Gasteiger partial charge in [-0.2, -0.15) is 0 Å². The quantitative estimate of drug-likeness (QED) is 0.886. The van der Waals surface area contributed by atoms with Crippen molar-refractivity contribution in [1.82, 2.24) is 5.32 Å². The van der Waals surface area contributed by atoms with Crippen LogP contribution >= 0.6 is 0 Å². The number of aromatic hydroxyl groups is 1. The van der Waals surface area contributed by atoms with E-state index in [2.05, 4.69) is 5.32 Å². The number of carbonyl (C=O) groups excluding carboxylic acids is 1. The minimum Gasteiger partial charge on any atom is -0.508 e. The topological polar surface area (TPSA) is 62.5 Å². The fourth-order valence-corrected chi connectivity index (χ4v) is 1.92. The Hall–Kier alpha value is -2.49. The van der Waals surface area contributed by atoms with Gasteiger partial charge < -0.3 is 14.8 Å². The highest BCUT2D eigenvalue weighted by atomic mass is 16.3. The van der Waals surface area contributed by atoms with Crippen LogP contribution in [-0.2, 0) is 0 Å². The summed E-state index contributed by atoms with van der Waals surface area (Å²) >= 11 is 0. The van der Waals surface area contributed by atoms with Crippen LogP contribution in [0, 0.1) is 6.92 Å². The van der Waals surface area contributed by atoms with Gasteiger partial charge in [0.05, 0.1) is 5.92 Å². The largest absolute Gasteiger partial charge is 0.508 e. The number of benzene rings is 1. The van der Waals surface area contributed by atoms with Gasteiger partial charge in [0, 0.05) is 11.3 Å². The van der Waals surface area contributed by atoms with Crippen LogP contribution in [0.5, 0.6) is 5.75 Å². The van der Waals surface area contributed by atoms with Crippen molar-refractivity contribution in [3.63, 3.8) is 0 Å². The van der Waals surface area contributed by atoms with Gasteiger partial charge in [0.1, 0.15) is 17.3 Å². The summed E-state index contributed by atoms with van der Waals surface area (Å²) in [6.45, 7) is 1.89. The highest BCUT2D eigenvalue weighted by molar-refractivity contribution is 5.96. The highest BCUT2D eigenvalue weighted by Crippen LogP contribution is 2.38. The van der Waals surface area contributed by atoms with Crippen molar-refractivity contribution in [3.8, 4) is 5.75 Å². The number of hydrogen-bond donors (Lipinski definition) is 2. The van der Waals surface area contributed by atoms with Gasteiger partial charge in [0.2, 0.25) is 0 Å². The third-order valence-corrected chi connectivity index (χ3v) is 3.03. The van der Waals surface area contributed by atoms with E-state index in [1.165, 1.54) is 12.1 Å². The van der Waals surface area contributed by atoms with Crippen molar-refractivity contribution in [1.29, 1.82) is 0 Å². The Bertz CT molecular complexity index is 652. The van der Waals surface area contributed by atoms with Gasteiger partial charge in [-0.05, 0) is 49.4 Å². The van der Waals surface area contributed by atoms with Gasteiger partial charge in [-0.25, -0.2) is 0 Å². The lowest BCUT2D eigenvalue weighted by Gasteiger charge is -2.03. The van der Waals surface area contributed by atoms with Crippen LogP contribution in [0.4, 0.5) is 0 Å². The number of phenolic OH excluding ortho intramolecular Hbond substituents is 1. The number of furan rings is 1. The average molecular weight is 255 g/mol. The molecule has 96 valence electrons. The third-order valence-electron chi connectivity index (χ3n) is 3.03. The van der Waals surface area contributed by atoms with E-state index in [4.69, 9.17) is 4.42 Å². The predicted molar refractivity (Wildman–Crippen MR) is 69.8 cm³/mol. The smallest absolute Gasteiger partial charge is 0.255 e. The molecule has 0 saturated carbocycles. The first-order valence-electron chi connectivity index (χ1n) is 6.02. The Morgan fingerprint density at radius 3 is 2.58 bits per heavy atom. The normalized spacial score (nSPS) is 16.9. The van der Waals surface area contributed by atoms with E-state index in [-0.39, 0.29) is 17.6 Å². The molecular weight excluding hydrogens is 242 g/mol. The van der Waals surface area contributed by atoms with Crippen LogP contribution in [0.1, 0.15) is 27.8 Å². The molecule has 0 spiro atoms. The Morgan fingerprint density at radius 2 is 1.95 bits per heavy atom. The van der Waals surface area contributed by atoms with E-state index in [9.17, 15) is 9.90 Å². The molecule has 19 heavy (non-hydrogen) atoms. The Labute approximate surface area is 110 Å². The van der Waals surface area contributed by atoms with Crippen LogP contribution in [0.15, 0.2) is 52.6 Å². The molecule has 1 amide bonds. The van der Waals surface area contributed by atoms with Crippen molar-refractivity contribution in [2.75, 3.05) is 0 Å². The lowest BCUT2D eigenvalue weighted by Crippen LogP contribution is -2.19. The minimum absolute atomic E-state index is 0.0785. The molecule has 1 aliphatic rings. The maximum Gasteiger partial charge on any atom is 0.255 e. The molecule has 4 heteroatoms. The predicted octanol–water partition coefficient (Wildman–Crippen LogP) is 2.70. The third kappa shape index (κ3) is 2.38. The van der Waals surface area contributed by atoms with Crippen LogP contribution in [0.25, 0.3) is 0 Å². The van der Waals surface area contributed by atoms with E-state index in [0.29, 0.717) is 5.56 Å². The first-order valence-corrected chi connectivity index (χ1v) is 6.02. The summed E-state index contributed by atoms with van der Waals surface area (Å²) in [6.07, 6.45) is 1.94. The van der Waals surface area contributed by atoms with E-state index in [0.717, 1.165) is 17.2 Å². The first-order chi connectivity index (χ1) is 9.13. The summed E-state index contributed by atoms with van der Waals surface area (Å²) in [5.41, 5.74) is 1.37. The number of carbonyl (C=O) groups is 1. The molecule has 0 bridgehead atoms. The van der Waals surface area contributed by atoms with Crippen molar-refractivity contribution in [2.24, 2.45) is 0 Å². The number of amides is 1. The molecule has 0 saturated heterocycles. The molecule has 1 aromatic heterocycles. The fraction of sp³-hybridized carbons (Fsp3) is 0.133. The van der Waals surface area contributed by atoms with Gasteiger partial charge in [0.15, 0.2) is 0 Å². The van der Waals surface area contributed by atoms with Gasteiger partial charge in [-0.1, -0.05) is 0 Å². The number of hydrogen-bond acceptors (Lipinski definition) is 3. The highest BCUT2D eigenvalue weighted by Gasteiger charge is 2.30. The maximum absolute atomic E-state index is 11.9. The van der Waals surface area contributed by atoms with E-state index < -0.39 is 0 Å². The molecule has 2 N–H and O–H groups in total. The summed E-state index contributed by atoms with van der Waals surface area (Å²) in [5.74, 6) is 1.75. The second-order valence-electron chi connectivity index (χ2n) is 4.55. The summed E-state index contributed by atoms with van der Waals surface area (Å²) in [6, 6.07) is 9.96. The molecule has 1 atom stereocenters.